The number of H-pyrrole nitrogens is 1. The Labute approximate surface area is 172 Å². The molecule has 0 atom stereocenters. The molecule has 0 saturated heterocycles. The zero-order chi connectivity index (χ0) is 19.8. The molecule has 10 heteroatoms. The van der Waals surface area contributed by atoms with Gasteiger partial charge in [-0.15, -0.1) is 10.2 Å². The molecular weight excluding hydrogens is 421 g/mol. The predicted molar refractivity (Wildman–Crippen MR) is 107 cm³/mol. The van der Waals surface area contributed by atoms with Crippen molar-refractivity contribution in [2.45, 2.75) is 36.1 Å². The Morgan fingerprint density at radius 3 is 2.43 bits per heavy atom. The number of aromatic nitrogens is 4. The Morgan fingerprint density at radius 1 is 1.11 bits per heavy atom. The largest absolute Gasteiger partial charge is 0.241 e. The molecule has 1 fully saturated rings. The average Bonchev–Trinajstić information content (AvgIpc) is 3.17. The van der Waals surface area contributed by atoms with Gasteiger partial charge in [0, 0.05) is 21.1 Å². The third-order valence-electron chi connectivity index (χ3n) is 4.97. The number of aromatic amines is 1. The first kappa shape index (κ1) is 19.3. The maximum Gasteiger partial charge on any atom is 0.241 e. The Balaban J connectivity index is 1.55. The van der Waals surface area contributed by atoms with Crippen LogP contribution in [0.5, 0.6) is 0 Å². The summed E-state index contributed by atoms with van der Waals surface area (Å²) in [5, 5.41) is 14.7. The number of rotatable bonds is 6. The highest BCUT2D eigenvalue weighted by Crippen LogP contribution is 2.38. The van der Waals surface area contributed by atoms with Crippen molar-refractivity contribution in [1.29, 1.82) is 0 Å². The van der Waals surface area contributed by atoms with Crippen molar-refractivity contribution in [3.05, 3.63) is 58.1 Å². The van der Waals surface area contributed by atoms with Gasteiger partial charge < -0.3 is 0 Å². The second-order valence-electron chi connectivity index (χ2n) is 6.91. The van der Waals surface area contributed by atoms with Crippen molar-refractivity contribution in [1.82, 2.24) is 25.3 Å². The second kappa shape index (κ2) is 7.44. The molecule has 146 valence electrons. The van der Waals surface area contributed by atoms with Crippen molar-refractivity contribution >= 4 is 33.2 Å². The molecule has 0 spiro atoms. The second-order valence-corrected chi connectivity index (χ2v) is 9.44. The van der Waals surface area contributed by atoms with E-state index >= 15 is 0 Å². The monoisotopic (exact) mass is 437 g/mol. The van der Waals surface area contributed by atoms with Gasteiger partial charge in [0.05, 0.1) is 4.90 Å². The molecule has 0 bridgehead atoms. The van der Waals surface area contributed by atoms with Crippen molar-refractivity contribution in [2.24, 2.45) is 0 Å². The Morgan fingerprint density at radius 2 is 1.86 bits per heavy atom. The summed E-state index contributed by atoms with van der Waals surface area (Å²) in [6.07, 6.45) is 2.99. The standard InChI is InChI=1S/C18H17Cl2N5O2S/c19-14-5-2-13(16(20)10-14)11-18(8-1-9-18)23-28(26,27)15-6-3-12(4-7-15)17-21-24-25-22-17/h2-7,10,23H,1,8-9,11H2,(H,21,22,24,25). The first-order valence-electron chi connectivity index (χ1n) is 8.69. The van der Waals surface area contributed by atoms with Gasteiger partial charge in [0.1, 0.15) is 0 Å². The Kier molecular flexibility index (Phi) is 5.13. The van der Waals surface area contributed by atoms with Crippen LogP contribution in [0.2, 0.25) is 10.0 Å². The minimum Gasteiger partial charge on any atom is -0.207 e. The van der Waals surface area contributed by atoms with Crippen molar-refractivity contribution in [3.63, 3.8) is 0 Å². The van der Waals surface area contributed by atoms with Gasteiger partial charge in [0.15, 0.2) is 0 Å². The van der Waals surface area contributed by atoms with Crippen LogP contribution in [0.3, 0.4) is 0 Å². The number of sulfonamides is 1. The van der Waals surface area contributed by atoms with Gasteiger partial charge in [0.2, 0.25) is 15.8 Å². The smallest absolute Gasteiger partial charge is 0.207 e. The lowest BCUT2D eigenvalue weighted by Gasteiger charge is -2.42. The molecule has 4 rings (SSSR count). The summed E-state index contributed by atoms with van der Waals surface area (Å²) in [4.78, 5) is 0.188. The molecule has 0 amide bonds. The molecular formula is C18H17Cl2N5O2S. The number of nitrogens with one attached hydrogen (secondary N) is 2. The number of hydrogen-bond donors (Lipinski definition) is 2. The average molecular weight is 438 g/mol. The van der Waals surface area contributed by atoms with E-state index in [0.29, 0.717) is 27.9 Å². The molecule has 2 aromatic carbocycles. The van der Waals surface area contributed by atoms with E-state index in [-0.39, 0.29) is 4.90 Å². The summed E-state index contributed by atoms with van der Waals surface area (Å²) in [6.45, 7) is 0. The van der Waals surface area contributed by atoms with Crippen molar-refractivity contribution < 1.29 is 8.42 Å². The number of tetrazole rings is 1. The molecule has 7 nitrogen and oxygen atoms in total. The predicted octanol–water partition coefficient (Wildman–Crippen LogP) is 3.62. The van der Waals surface area contributed by atoms with E-state index in [1.54, 1.807) is 24.3 Å². The SMILES string of the molecule is O=S(=O)(NC1(Cc2ccc(Cl)cc2Cl)CCC1)c1ccc(-c2nn[nH]n2)cc1. The van der Waals surface area contributed by atoms with Crippen molar-refractivity contribution in [2.75, 3.05) is 0 Å². The van der Waals surface area contributed by atoms with E-state index in [0.717, 1.165) is 24.8 Å². The van der Waals surface area contributed by atoms with E-state index in [1.807, 2.05) is 6.07 Å². The molecule has 0 radical (unpaired) electrons. The lowest BCUT2D eigenvalue weighted by molar-refractivity contribution is 0.220. The summed E-state index contributed by atoms with van der Waals surface area (Å²) in [5.74, 6) is 0.407. The maximum absolute atomic E-state index is 13.0. The van der Waals surface area contributed by atoms with Crippen LogP contribution in [0.15, 0.2) is 47.4 Å². The molecule has 1 heterocycles. The van der Waals surface area contributed by atoms with Crippen LogP contribution in [-0.2, 0) is 16.4 Å². The van der Waals surface area contributed by atoms with Gasteiger partial charge in [-0.1, -0.05) is 29.3 Å². The summed E-state index contributed by atoms with van der Waals surface area (Å²) in [5.41, 5.74) is 1.02. The van der Waals surface area contributed by atoms with Crippen molar-refractivity contribution in [3.8, 4) is 11.4 Å². The highest BCUT2D eigenvalue weighted by Gasteiger charge is 2.41. The van der Waals surface area contributed by atoms with Crippen LogP contribution >= 0.6 is 23.2 Å². The molecule has 2 N–H and O–H groups in total. The molecule has 1 aliphatic rings. The van der Waals surface area contributed by atoms with Crippen LogP contribution < -0.4 is 4.72 Å². The van der Waals surface area contributed by atoms with Gasteiger partial charge in [-0.25, -0.2) is 13.1 Å². The minimum atomic E-state index is -3.69. The zero-order valence-corrected chi connectivity index (χ0v) is 17.0. The fourth-order valence-corrected chi connectivity index (χ4v) is 5.29. The molecule has 3 aromatic rings. The zero-order valence-electron chi connectivity index (χ0n) is 14.7. The van der Waals surface area contributed by atoms with E-state index in [2.05, 4.69) is 25.3 Å². The maximum atomic E-state index is 13.0. The first-order chi connectivity index (χ1) is 13.4. The number of halogens is 2. The normalized spacial score (nSPS) is 15.9. The van der Waals surface area contributed by atoms with Crippen LogP contribution in [-0.4, -0.2) is 34.6 Å². The van der Waals surface area contributed by atoms with Crippen LogP contribution in [0.1, 0.15) is 24.8 Å². The quantitative estimate of drug-likeness (QED) is 0.612. The molecule has 1 saturated carbocycles. The highest BCUT2D eigenvalue weighted by atomic mass is 35.5. The number of hydrogen-bond acceptors (Lipinski definition) is 5. The van der Waals surface area contributed by atoms with E-state index < -0.39 is 15.6 Å². The summed E-state index contributed by atoms with van der Waals surface area (Å²) in [6, 6.07) is 11.7. The summed E-state index contributed by atoms with van der Waals surface area (Å²) >= 11 is 12.3. The summed E-state index contributed by atoms with van der Waals surface area (Å²) in [7, 11) is -3.69. The van der Waals surface area contributed by atoms with E-state index in [4.69, 9.17) is 23.2 Å². The van der Waals surface area contributed by atoms with Gasteiger partial charge >= 0.3 is 0 Å². The molecule has 0 unspecified atom stereocenters. The lowest BCUT2D eigenvalue weighted by atomic mass is 9.74. The topological polar surface area (TPSA) is 101 Å². The fourth-order valence-electron chi connectivity index (χ4n) is 3.36. The van der Waals surface area contributed by atoms with Gasteiger partial charge in [-0.3, -0.25) is 0 Å². The Hall–Kier alpha value is -2.00. The van der Waals surface area contributed by atoms with Gasteiger partial charge in [0.25, 0.3) is 0 Å². The third kappa shape index (κ3) is 3.91. The van der Waals surface area contributed by atoms with Gasteiger partial charge in [-0.2, -0.15) is 5.21 Å². The van der Waals surface area contributed by atoms with Gasteiger partial charge in [-0.05, 0) is 72.9 Å². The van der Waals surface area contributed by atoms with E-state index in [1.165, 1.54) is 12.1 Å². The molecule has 1 aliphatic carbocycles. The third-order valence-corrected chi connectivity index (χ3v) is 7.16. The van der Waals surface area contributed by atoms with Crippen LogP contribution in [0, 0.1) is 0 Å². The fraction of sp³-hybridized carbons (Fsp3) is 0.278. The molecule has 28 heavy (non-hydrogen) atoms. The first-order valence-corrected chi connectivity index (χ1v) is 10.9. The number of nitrogens with zero attached hydrogens (tertiary/aromatic N) is 3. The minimum absolute atomic E-state index is 0.188. The molecule has 0 aliphatic heterocycles. The van der Waals surface area contributed by atoms with Crippen LogP contribution in [0.4, 0.5) is 0 Å². The summed E-state index contributed by atoms with van der Waals surface area (Å²) < 4.78 is 28.8. The lowest BCUT2D eigenvalue weighted by Crippen LogP contribution is -2.54. The highest BCUT2D eigenvalue weighted by molar-refractivity contribution is 7.89. The number of benzene rings is 2. The van der Waals surface area contributed by atoms with Crippen LogP contribution in [0.25, 0.3) is 11.4 Å². The van der Waals surface area contributed by atoms with E-state index in [9.17, 15) is 8.42 Å². The Bertz CT molecular complexity index is 1080. The molecule has 1 aromatic heterocycles.